The van der Waals surface area contributed by atoms with Crippen LogP contribution in [0.4, 0.5) is 8.78 Å². The van der Waals surface area contributed by atoms with Crippen LogP contribution in [0.25, 0.3) is 21.8 Å². The van der Waals surface area contributed by atoms with Crippen LogP contribution in [0, 0.1) is 11.6 Å². The van der Waals surface area contributed by atoms with Gasteiger partial charge in [-0.05, 0) is 90.5 Å². The van der Waals surface area contributed by atoms with Gasteiger partial charge in [0.25, 0.3) is 11.8 Å². The van der Waals surface area contributed by atoms with Crippen LogP contribution >= 0.6 is 0 Å². The molecular formula is C44H60F2N6O6. The fourth-order valence-corrected chi connectivity index (χ4v) is 8.46. The number of carbonyl (C=O) groups is 2. The number of rotatable bonds is 9. The molecule has 12 nitrogen and oxygen atoms in total. The van der Waals surface area contributed by atoms with E-state index in [4.69, 9.17) is 18.9 Å². The molecular weight excluding hydrogens is 747 g/mol. The predicted molar refractivity (Wildman–Crippen MR) is 220 cm³/mol. The summed E-state index contributed by atoms with van der Waals surface area (Å²) in [6.45, 7) is 16.2. The molecule has 316 valence electrons. The Morgan fingerprint density at radius 1 is 0.603 bits per heavy atom. The van der Waals surface area contributed by atoms with Crippen molar-refractivity contribution in [2.45, 2.75) is 96.6 Å². The van der Waals surface area contributed by atoms with Crippen LogP contribution < -0.4 is 9.47 Å². The van der Waals surface area contributed by atoms with Gasteiger partial charge in [-0.2, -0.15) is 0 Å². The van der Waals surface area contributed by atoms with Gasteiger partial charge in [-0.3, -0.25) is 9.59 Å². The first-order chi connectivity index (χ1) is 27.9. The molecule has 0 atom stereocenters. The van der Waals surface area contributed by atoms with Gasteiger partial charge in [0, 0.05) is 105 Å². The molecule has 58 heavy (non-hydrogen) atoms. The van der Waals surface area contributed by atoms with Crippen molar-refractivity contribution in [2.75, 3.05) is 72.7 Å². The van der Waals surface area contributed by atoms with Crippen molar-refractivity contribution < 1.29 is 37.3 Å². The van der Waals surface area contributed by atoms with E-state index < -0.39 is 0 Å². The lowest BCUT2D eigenvalue weighted by atomic mass is 10.1. The Morgan fingerprint density at radius 3 is 1.40 bits per heavy atom. The molecule has 0 saturated carbocycles. The number of amides is 2. The fraction of sp³-hybridized carbons (Fsp3) is 0.591. The van der Waals surface area contributed by atoms with Crippen LogP contribution in [-0.4, -0.2) is 144 Å². The summed E-state index contributed by atoms with van der Waals surface area (Å²) in [5.41, 5.74) is 2.40. The number of carbonyl (C=O) groups excluding carboxylic acids is 2. The highest BCUT2D eigenvalue weighted by Crippen LogP contribution is 2.31. The van der Waals surface area contributed by atoms with Crippen molar-refractivity contribution in [3.05, 3.63) is 59.4 Å². The summed E-state index contributed by atoms with van der Waals surface area (Å²) in [6.07, 6.45) is 5.50. The molecule has 2 amide bonds. The van der Waals surface area contributed by atoms with E-state index in [1.54, 1.807) is 36.3 Å². The normalized spacial score (nSPS) is 19.6. The summed E-state index contributed by atoms with van der Waals surface area (Å²) >= 11 is 0. The lowest BCUT2D eigenvalue weighted by Gasteiger charge is -2.34. The third-order valence-electron chi connectivity index (χ3n) is 12.2. The number of aromatic nitrogens is 2. The highest BCUT2D eigenvalue weighted by molar-refractivity contribution is 5.99. The van der Waals surface area contributed by atoms with Crippen LogP contribution in [0.15, 0.2) is 36.4 Å². The number of nitrogens with one attached hydrogen (secondary N) is 2. The highest BCUT2D eigenvalue weighted by Gasteiger charge is 2.27. The van der Waals surface area contributed by atoms with Gasteiger partial charge in [0.1, 0.15) is 23.6 Å². The number of hydrogen-bond donors (Lipinski definition) is 2. The number of likely N-dealkylation sites (tertiary alicyclic amines) is 3. The van der Waals surface area contributed by atoms with E-state index in [-0.39, 0.29) is 53.3 Å². The molecule has 4 saturated heterocycles. The third-order valence-corrected chi connectivity index (χ3v) is 12.2. The minimum atomic E-state index is -0.386. The minimum absolute atomic E-state index is 0.0186. The molecule has 4 aliphatic rings. The molecule has 2 N–H and O–H groups in total. The SMILES string of the molecule is CC(C)N1CCC(Oc2cc3[nH]c(C(=O)N4CCOCC4)cc3cc2F)CC1.COC1CCN(C(=O)c2cc3cc(F)c(OC4CCN(C(C)C)CC4)cc3[nH]2)CC1. The standard InChI is InChI=1S/C23H32FN3O3.C21H28FN3O3/c1-15(2)26-8-6-18(7-9-26)30-22-14-20-16(12-19(22)24)13-21(25-20)23(28)27-10-4-17(29-3)5-11-27;1-14(2)24-5-3-16(4-6-24)28-20-13-18-15(11-17(20)22)12-19(23-18)21(26)25-7-9-27-10-8-25/h12-15,17-18,25H,4-11H2,1-3H3;11-14,16,23H,3-10H2,1-2H3. The van der Waals surface area contributed by atoms with E-state index in [9.17, 15) is 18.4 Å². The third kappa shape index (κ3) is 9.95. The van der Waals surface area contributed by atoms with Crippen LogP contribution in [0.5, 0.6) is 11.5 Å². The summed E-state index contributed by atoms with van der Waals surface area (Å²) < 4.78 is 51.9. The molecule has 0 unspecified atom stereocenters. The number of fused-ring (bicyclic) bond motifs is 2. The molecule has 4 fully saturated rings. The molecule has 0 radical (unpaired) electrons. The smallest absolute Gasteiger partial charge is 0.270 e. The Hall–Kier alpha value is -4.24. The Labute approximate surface area is 340 Å². The van der Waals surface area contributed by atoms with E-state index in [0.29, 0.717) is 79.2 Å². The van der Waals surface area contributed by atoms with Gasteiger partial charge < -0.3 is 48.5 Å². The molecule has 2 aromatic heterocycles. The van der Waals surface area contributed by atoms with Crippen molar-refractivity contribution in [1.29, 1.82) is 0 Å². The number of halogens is 2. The summed E-state index contributed by atoms with van der Waals surface area (Å²) in [5, 5.41) is 1.36. The van der Waals surface area contributed by atoms with Gasteiger partial charge in [-0.1, -0.05) is 0 Å². The molecule has 8 rings (SSSR count). The number of ether oxygens (including phenoxy) is 4. The number of aromatic amines is 2. The van der Waals surface area contributed by atoms with E-state index in [2.05, 4.69) is 47.5 Å². The zero-order valence-corrected chi connectivity index (χ0v) is 34.7. The quantitative estimate of drug-likeness (QED) is 0.189. The molecule has 4 aliphatic heterocycles. The lowest BCUT2D eigenvalue weighted by molar-refractivity contribution is 0.0299. The fourth-order valence-electron chi connectivity index (χ4n) is 8.46. The van der Waals surface area contributed by atoms with E-state index >= 15 is 0 Å². The van der Waals surface area contributed by atoms with Gasteiger partial charge in [-0.15, -0.1) is 0 Å². The second-order valence-corrected chi connectivity index (χ2v) is 16.6. The largest absolute Gasteiger partial charge is 0.487 e. The van der Waals surface area contributed by atoms with Crippen molar-refractivity contribution >= 4 is 33.6 Å². The molecule has 0 spiro atoms. The minimum Gasteiger partial charge on any atom is -0.487 e. The maximum atomic E-state index is 14.7. The number of morpholine rings is 1. The number of piperidine rings is 3. The number of H-pyrrole nitrogens is 2. The molecule has 4 aromatic rings. The monoisotopic (exact) mass is 806 g/mol. The zero-order valence-electron chi connectivity index (χ0n) is 34.7. The van der Waals surface area contributed by atoms with E-state index in [1.807, 2.05) is 4.90 Å². The van der Waals surface area contributed by atoms with Gasteiger partial charge in [0.2, 0.25) is 0 Å². The summed E-state index contributed by atoms with van der Waals surface area (Å²) in [5.74, 6) is -0.390. The molecule has 0 aliphatic carbocycles. The number of nitrogens with zero attached hydrogens (tertiary/aromatic N) is 4. The number of benzene rings is 2. The van der Waals surface area contributed by atoms with Crippen LogP contribution in [0.2, 0.25) is 0 Å². The molecule has 6 heterocycles. The first-order valence-electron chi connectivity index (χ1n) is 21.1. The van der Waals surface area contributed by atoms with Gasteiger partial charge >= 0.3 is 0 Å². The lowest BCUT2D eigenvalue weighted by Crippen LogP contribution is -2.41. The van der Waals surface area contributed by atoms with E-state index in [1.165, 1.54) is 12.1 Å². The Balaban J connectivity index is 0.000000177. The summed E-state index contributed by atoms with van der Waals surface area (Å²) in [7, 11) is 1.71. The van der Waals surface area contributed by atoms with Crippen molar-refractivity contribution in [2.24, 2.45) is 0 Å². The molecule has 14 heteroatoms. The zero-order chi connectivity index (χ0) is 40.9. The van der Waals surface area contributed by atoms with Crippen LogP contribution in [0.1, 0.15) is 87.2 Å². The van der Waals surface area contributed by atoms with Crippen molar-refractivity contribution in [3.63, 3.8) is 0 Å². The summed E-state index contributed by atoms with van der Waals surface area (Å²) in [6, 6.07) is 10.8. The number of methoxy groups -OCH3 is 1. The maximum absolute atomic E-state index is 14.7. The van der Waals surface area contributed by atoms with Crippen molar-refractivity contribution in [1.82, 2.24) is 29.6 Å². The Morgan fingerprint density at radius 2 is 1.00 bits per heavy atom. The van der Waals surface area contributed by atoms with Crippen LogP contribution in [-0.2, 0) is 9.47 Å². The first kappa shape index (κ1) is 41.9. The van der Waals surface area contributed by atoms with Gasteiger partial charge in [-0.25, -0.2) is 8.78 Å². The Bertz CT molecular complexity index is 2000. The van der Waals surface area contributed by atoms with Gasteiger partial charge in [0.05, 0.1) is 19.3 Å². The Kier molecular flexibility index (Phi) is 13.6. The average Bonchev–Trinajstić information content (AvgIpc) is 3.85. The number of hydrogen-bond acceptors (Lipinski definition) is 8. The predicted octanol–water partition coefficient (Wildman–Crippen LogP) is 6.84. The second kappa shape index (κ2) is 18.8. The molecule has 0 bridgehead atoms. The van der Waals surface area contributed by atoms with Crippen LogP contribution in [0.3, 0.4) is 0 Å². The maximum Gasteiger partial charge on any atom is 0.270 e. The topological polar surface area (TPSA) is 116 Å². The highest BCUT2D eigenvalue weighted by atomic mass is 19.1. The molecule has 2 aromatic carbocycles. The summed E-state index contributed by atoms with van der Waals surface area (Å²) in [4.78, 5) is 40.2. The second-order valence-electron chi connectivity index (χ2n) is 16.6. The van der Waals surface area contributed by atoms with E-state index in [0.717, 1.165) is 70.2 Å². The van der Waals surface area contributed by atoms with Crippen molar-refractivity contribution in [3.8, 4) is 11.5 Å². The first-order valence-corrected chi connectivity index (χ1v) is 21.1. The van der Waals surface area contributed by atoms with Gasteiger partial charge in [0.15, 0.2) is 23.1 Å². The average molecular weight is 807 g/mol.